The minimum Gasteiger partial charge on any atom is -0.392 e. The van der Waals surface area contributed by atoms with Crippen molar-refractivity contribution in [1.82, 2.24) is 0 Å². The summed E-state index contributed by atoms with van der Waals surface area (Å²) in [4.78, 5) is 2.20. The van der Waals surface area contributed by atoms with Gasteiger partial charge in [0.2, 0.25) is 0 Å². The third kappa shape index (κ3) is 3.08. The molecule has 2 aromatic rings. The van der Waals surface area contributed by atoms with Crippen LogP contribution in [0.3, 0.4) is 0 Å². The van der Waals surface area contributed by atoms with Gasteiger partial charge in [0.05, 0.1) is 6.61 Å². The van der Waals surface area contributed by atoms with Crippen LogP contribution in [0, 0.1) is 0 Å². The van der Waals surface area contributed by atoms with Crippen molar-refractivity contribution in [2.24, 2.45) is 0 Å². The highest BCUT2D eigenvalue weighted by Gasteiger charge is 2.01. The molecule has 2 rings (SSSR count). The van der Waals surface area contributed by atoms with E-state index >= 15 is 0 Å². The second-order valence-electron chi connectivity index (χ2n) is 4.17. The van der Waals surface area contributed by atoms with E-state index in [2.05, 4.69) is 36.2 Å². The number of aliphatic hydroxyl groups excluding tert-OH is 1. The van der Waals surface area contributed by atoms with E-state index in [-0.39, 0.29) is 6.61 Å². The molecule has 2 aromatic carbocycles. The van der Waals surface area contributed by atoms with Crippen molar-refractivity contribution >= 4 is 5.69 Å². The van der Waals surface area contributed by atoms with Crippen LogP contribution in [0.15, 0.2) is 54.6 Å². The van der Waals surface area contributed by atoms with Crippen LogP contribution in [0.5, 0.6) is 0 Å². The molecular weight excluding hydrogens is 210 g/mol. The van der Waals surface area contributed by atoms with Crippen molar-refractivity contribution in [3.05, 3.63) is 65.7 Å². The maximum absolute atomic E-state index is 8.98. The van der Waals surface area contributed by atoms with Crippen LogP contribution in [-0.4, -0.2) is 12.2 Å². The Morgan fingerprint density at radius 1 is 0.882 bits per heavy atom. The number of benzene rings is 2. The standard InChI is InChI=1S/C15H17NO/c1-16(15-5-3-2-4-6-15)11-13-7-9-14(12-17)10-8-13/h2-10,17H,11-12H2,1H3. The van der Waals surface area contributed by atoms with Gasteiger partial charge >= 0.3 is 0 Å². The Morgan fingerprint density at radius 3 is 2.06 bits per heavy atom. The highest BCUT2D eigenvalue weighted by molar-refractivity contribution is 5.45. The number of rotatable bonds is 4. The number of nitrogens with zero attached hydrogens (tertiary/aromatic N) is 1. The number of hydrogen-bond donors (Lipinski definition) is 1. The van der Waals surface area contributed by atoms with E-state index in [0.717, 1.165) is 12.1 Å². The van der Waals surface area contributed by atoms with Gasteiger partial charge in [-0.2, -0.15) is 0 Å². The molecule has 2 heteroatoms. The van der Waals surface area contributed by atoms with Gasteiger partial charge in [-0.15, -0.1) is 0 Å². The summed E-state index contributed by atoms with van der Waals surface area (Å²) in [5.74, 6) is 0. The van der Waals surface area contributed by atoms with Crippen molar-refractivity contribution in [2.45, 2.75) is 13.2 Å². The number of anilines is 1. The van der Waals surface area contributed by atoms with Gasteiger partial charge in [-0.1, -0.05) is 42.5 Å². The van der Waals surface area contributed by atoms with Gasteiger partial charge in [0.15, 0.2) is 0 Å². The molecule has 1 N–H and O–H groups in total. The number of hydrogen-bond acceptors (Lipinski definition) is 2. The number of para-hydroxylation sites is 1. The first kappa shape index (κ1) is 11.7. The lowest BCUT2D eigenvalue weighted by atomic mass is 10.1. The topological polar surface area (TPSA) is 23.5 Å². The normalized spacial score (nSPS) is 10.2. The third-order valence-electron chi connectivity index (χ3n) is 2.82. The highest BCUT2D eigenvalue weighted by Crippen LogP contribution is 2.15. The fourth-order valence-electron chi connectivity index (χ4n) is 1.80. The monoisotopic (exact) mass is 227 g/mol. The SMILES string of the molecule is CN(Cc1ccc(CO)cc1)c1ccccc1. The average molecular weight is 227 g/mol. The van der Waals surface area contributed by atoms with Gasteiger partial charge in [0, 0.05) is 19.3 Å². The summed E-state index contributed by atoms with van der Waals surface area (Å²) in [5.41, 5.74) is 3.41. The molecule has 0 bridgehead atoms. The lowest BCUT2D eigenvalue weighted by Crippen LogP contribution is -2.16. The van der Waals surface area contributed by atoms with E-state index < -0.39 is 0 Å². The summed E-state index contributed by atoms with van der Waals surface area (Å²) >= 11 is 0. The Balaban J connectivity index is 2.05. The molecule has 0 aliphatic carbocycles. The fraction of sp³-hybridized carbons (Fsp3) is 0.200. The summed E-state index contributed by atoms with van der Waals surface area (Å²) in [6, 6.07) is 18.4. The smallest absolute Gasteiger partial charge is 0.0681 e. The van der Waals surface area contributed by atoms with E-state index in [1.165, 1.54) is 11.3 Å². The second kappa shape index (κ2) is 5.51. The maximum atomic E-state index is 8.98. The Hall–Kier alpha value is -1.80. The molecule has 17 heavy (non-hydrogen) atoms. The van der Waals surface area contributed by atoms with Crippen LogP contribution >= 0.6 is 0 Å². The van der Waals surface area contributed by atoms with Crippen molar-refractivity contribution in [1.29, 1.82) is 0 Å². The molecule has 0 aliphatic rings. The van der Waals surface area contributed by atoms with Gasteiger partial charge in [-0.25, -0.2) is 0 Å². The largest absolute Gasteiger partial charge is 0.392 e. The minimum atomic E-state index is 0.106. The Kier molecular flexibility index (Phi) is 3.78. The molecule has 0 heterocycles. The van der Waals surface area contributed by atoms with Crippen molar-refractivity contribution in [2.75, 3.05) is 11.9 Å². The van der Waals surface area contributed by atoms with Crippen LogP contribution in [-0.2, 0) is 13.2 Å². The van der Waals surface area contributed by atoms with Crippen molar-refractivity contribution < 1.29 is 5.11 Å². The number of aliphatic hydroxyl groups is 1. The van der Waals surface area contributed by atoms with E-state index in [1.54, 1.807) is 0 Å². The van der Waals surface area contributed by atoms with Gasteiger partial charge < -0.3 is 10.0 Å². The van der Waals surface area contributed by atoms with E-state index in [0.29, 0.717) is 0 Å². The quantitative estimate of drug-likeness (QED) is 0.868. The van der Waals surface area contributed by atoms with Gasteiger partial charge in [-0.3, -0.25) is 0 Å². The van der Waals surface area contributed by atoms with Crippen LogP contribution < -0.4 is 4.90 Å². The minimum absolute atomic E-state index is 0.106. The zero-order valence-corrected chi connectivity index (χ0v) is 10.0. The molecule has 0 saturated heterocycles. The predicted octanol–water partition coefficient (Wildman–Crippen LogP) is 2.82. The molecule has 0 atom stereocenters. The molecule has 0 saturated carbocycles. The molecular formula is C15H17NO. The Bertz CT molecular complexity index is 450. The lowest BCUT2D eigenvalue weighted by Gasteiger charge is -2.19. The van der Waals surface area contributed by atoms with Gasteiger partial charge in [0.25, 0.3) is 0 Å². The van der Waals surface area contributed by atoms with E-state index in [4.69, 9.17) is 5.11 Å². The first-order valence-electron chi connectivity index (χ1n) is 5.74. The zero-order chi connectivity index (χ0) is 12.1. The summed E-state index contributed by atoms with van der Waals surface area (Å²) in [5, 5.41) is 8.98. The third-order valence-corrected chi connectivity index (χ3v) is 2.82. The molecule has 2 nitrogen and oxygen atoms in total. The molecule has 0 spiro atoms. The van der Waals surface area contributed by atoms with Gasteiger partial charge in [0.1, 0.15) is 0 Å². The van der Waals surface area contributed by atoms with Crippen LogP contribution in [0.1, 0.15) is 11.1 Å². The van der Waals surface area contributed by atoms with E-state index in [1.807, 2.05) is 30.3 Å². The van der Waals surface area contributed by atoms with Crippen molar-refractivity contribution in [3.8, 4) is 0 Å². The molecule has 88 valence electrons. The summed E-state index contributed by atoms with van der Waals surface area (Å²) < 4.78 is 0. The van der Waals surface area contributed by atoms with Crippen LogP contribution in [0.25, 0.3) is 0 Å². The Morgan fingerprint density at radius 2 is 1.47 bits per heavy atom. The molecule has 0 unspecified atom stereocenters. The summed E-state index contributed by atoms with van der Waals surface area (Å²) in [6.07, 6.45) is 0. The zero-order valence-electron chi connectivity index (χ0n) is 10.0. The molecule has 0 amide bonds. The maximum Gasteiger partial charge on any atom is 0.0681 e. The summed E-state index contributed by atoms with van der Waals surface area (Å²) in [6.45, 7) is 0.977. The molecule has 0 aromatic heterocycles. The predicted molar refractivity (Wildman–Crippen MR) is 70.9 cm³/mol. The Labute approximate surface area is 102 Å². The average Bonchev–Trinajstić information content (AvgIpc) is 2.40. The highest BCUT2D eigenvalue weighted by atomic mass is 16.3. The van der Waals surface area contributed by atoms with Crippen LogP contribution in [0.4, 0.5) is 5.69 Å². The second-order valence-corrected chi connectivity index (χ2v) is 4.17. The molecule has 0 fully saturated rings. The van der Waals surface area contributed by atoms with Gasteiger partial charge in [-0.05, 0) is 23.3 Å². The lowest BCUT2D eigenvalue weighted by molar-refractivity contribution is 0.282. The first-order valence-corrected chi connectivity index (χ1v) is 5.74. The fourth-order valence-corrected chi connectivity index (χ4v) is 1.80. The molecule has 0 radical (unpaired) electrons. The van der Waals surface area contributed by atoms with E-state index in [9.17, 15) is 0 Å². The van der Waals surface area contributed by atoms with Crippen molar-refractivity contribution in [3.63, 3.8) is 0 Å². The molecule has 0 aliphatic heterocycles. The van der Waals surface area contributed by atoms with Crippen LogP contribution in [0.2, 0.25) is 0 Å². The first-order chi connectivity index (χ1) is 8.29. The summed E-state index contributed by atoms with van der Waals surface area (Å²) in [7, 11) is 2.08.